The topological polar surface area (TPSA) is 72.5 Å². The van der Waals surface area contributed by atoms with E-state index in [0.717, 1.165) is 18.8 Å². The Balaban J connectivity index is 1.58. The van der Waals surface area contributed by atoms with Crippen LogP contribution in [0.4, 0.5) is 11.5 Å². The number of anilines is 2. The molecular formula is C22H23N3O3. The minimum Gasteiger partial charge on any atom is -0.497 e. The fraction of sp³-hybridized carbons (Fsp3) is 0.182. The van der Waals surface area contributed by atoms with Crippen molar-refractivity contribution in [1.29, 1.82) is 0 Å². The lowest BCUT2D eigenvalue weighted by molar-refractivity contribution is 0.102. The summed E-state index contributed by atoms with van der Waals surface area (Å²) < 4.78 is 10.5. The van der Waals surface area contributed by atoms with Gasteiger partial charge in [-0.05, 0) is 36.2 Å². The quantitative estimate of drug-likeness (QED) is 0.621. The Hall–Kier alpha value is -3.54. The average Bonchev–Trinajstić information content (AvgIpc) is 2.75. The molecule has 3 aromatic rings. The molecule has 1 heterocycles. The second-order valence-corrected chi connectivity index (χ2v) is 6.11. The second-order valence-electron chi connectivity index (χ2n) is 6.11. The third-order valence-corrected chi connectivity index (χ3v) is 4.25. The number of nitrogens with one attached hydrogen (secondary N) is 2. The van der Waals surface area contributed by atoms with E-state index in [-0.39, 0.29) is 5.91 Å². The van der Waals surface area contributed by atoms with Gasteiger partial charge in [0.2, 0.25) is 0 Å². The summed E-state index contributed by atoms with van der Waals surface area (Å²) in [6.07, 6.45) is 2.46. The Labute approximate surface area is 164 Å². The minimum atomic E-state index is -0.258. The molecule has 0 radical (unpaired) electrons. The summed E-state index contributed by atoms with van der Waals surface area (Å²) >= 11 is 0. The summed E-state index contributed by atoms with van der Waals surface area (Å²) in [5, 5.41) is 6.10. The standard InChI is InChI=1S/C22H23N3O3/c1-27-18-9-10-19(20(14-18)28-2)25-22(26)17-8-11-21(24-15-17)23-13-12-16-6-4-3-5-7-16/h3-11,14-15H,12-13H2,1-2H3,(H,23,24)(H,25,26). The maximum absolute atomic E-state index is 12.5. The van der Waals surface area contributed by atoms with Gasteiger partial charge in [-0.15, -0.1) is 0 Å². The molecule has 0 aliphatic rings. The number of nitrogens with zero attached hydrogens (tertiary/aromatic N) is 1. The van der Waals surface area contributed by atoms with E-state index in [1.54, 1.807) is 50.7 Å². The van der Waals surface area contributed by atoms with E-state index >= 15 is 0 Å². The Morgan fingerprint density at radius 2 is 1.82 bits per heavy atom. The van der Waals surface area contributed by atoms with Gasteiger partial charge >= 0.3 is 0 Å². The Morgan fingerprint density at radius 3 is 2.50 bits per heavy atom. The van der Waals surface area contributed by atoms with Gasteiger partial charge in [0.25, 0.3) is 5.91 Å². The first-order chi connectivity index (χ1) is 13.7. The first kappa shape index (κ1) is 19.2. The van der Waals surface area contributed by atoms with E-state index in [0.29, 0.717) is 22.7 Å². The predicted molar refractivity (Wildman–Crippen MR) is 110 cm³/mol. The molecule has 0 atom stereocenters. The molecule has 2 aromatic carbocycles. The van der Waals surface area contributed by atoms with E-state index in [2.05, 4.69) is 27.8 Å². The molecule has 0 aliphatic heterocycles. The van der Waals surface area contributed by atoms with Gasteiger partial charge in [0.15, 0.2) is 0 Å². The van der Waals surface area contributed by atoms with Crippen molar-refractivity contribution >= 4 is 17.4 Å². The van der Waals surface area contributed by atoms with Crippen LogP contribution in [0.25, 0.3) is 0 Å². The molecule has 6 heteroatoms. The highest BCUT2D eigenvalue weighted by Crippen LogP contribution is 2.29. The average molecular weight is 377 g/mol. The van der Waals surface area contributed by atoms with Crippen molar-refractivity contribution in [1.82, 2.24) is 4.98 Å². The summed E-state index contributed by atoms with van der Waals surface area (Å²) in [5.74, 6) is 1.66. The SMILES string of the molecule is COc1ccc(NC(=O)c2ccc(NCCc3ccccc3)nc2)c(OC)c1. The normalized spacial score (nSPS) is 10.2. The molecule has 1 aromatic heterocycles. The molecule has 0 aliphatic carbocycles. The number of rotatable bonds is 8. The van der Waals surface area contributed by atoms with Crippen LogP contribution in [0.3, 0.4) is 0 Å². The summed E-state index contributed by atoms with van der Waals surface area (Å²) in [4.78, 5) is 16.8. The fourth-order valence-corrected chi connectivity index (χ4v) is 2.71. The van der Waals surface area contributed by atoms with Gasteiger partial charge in [0.1, 0.15) is 17.3 Å². The lowest BCUT2D eigenvalue weighted by Gasteiger charge is -2.12. The van der Waals surface area contributed by atoms with Crippen LogP contribution in [-0.4, -0.2) is 31.7 Å². The van der Waals surface area contributed by atoms with Crippen LogP contribution in [-0.2, 0) is 6.42 Å². The third kappa shape index (κ3) is 5.01. The molecule has 6 nitrogen and oxygen atoms in total. The number of ether oxygens (including phenoxy) is 2. The van der Waals surface area contributed by atoms with Crippen LogP contribution in [0.5, 0.6) is 11.5 Å². The minimum absolute atomic E-state index is 0.258. The summed E-state index contributed by atoms with van der Waals surface area (Å²) in [7, 11) is 3.12. The number of methoxy groups -OCH3 is 2. The van der Waals surface area contributed by atoms with Crippen molar-refractivity contribution in [2.45, 2.75) is 6.42 Å². The van der Waals surface area contributed by atoms with Gasteiger partial charge in [-0.1, -0.05) is 30.3 Å². The maximum atomic E-state index is 12.5. The van der Waals surface area contributed by atoms with Crippen LogP contribution in [0.15, 0.2) is 66.9 Å². The number of carbonyl (C=O) groups excluding carboxylic acids is 1. The highest BCUT2D eigenvalue weighted by molar-refractivity contribution is 6.05. The van der Waals surface area contributed by atoms with E-state index in [4.69, 9.17) is 9.47 Å². The van der Waals surface area contributed by atoms with Gasteiger partial charge < -0.3 is 20.1 Å². The Morgan fingerprint density at radius 1 is 1.00 bits per heavy atom. The Bertz CT molecular complexity index is 912. The number of carbonyl (C=O) groups is 1. The maximum Gasteiger partial charge on any atom is 0.257 e. The highest BCUT2D eigenvalue weighted by Gasteiger charge is 2.11. The zero-order valence-corrected chi connectivity index (χ0v) is 15.9. The molecular weight excluding hydrogens is 354 g/mol. The zero-order valence-electron chi connectivity index (χ0n) is 15.9. The van der Waals surface area contributed by atoms with Gasteiger partial charge in [0.05, 0.1) is 25.5 Å². The van der Waals surface area contributed by atoms with Crippen LogP contribution >= 0.6 is 0 Å². The predicted octanol–water partition coefficient (Wildman–Crippen LogP) is 4.01. The first-order valence-electron chi connectivity index (χ1n) is 8.97. The van der Waals surface area contributed by atoms with Crippen LogP contribution in [0.2, 0.25) is 0 Å². The first-order valence-corrected chi connectivity index (χ1v) is 8.97. The van der Waals surface area contributed by atoms with E-state index in [1.165, 1.54) is 5.56 Å². The summed E-state index contributed by atoms with van der Waals surface area (Å²) in [6, 6.07) is 19.0. The van der Waals surface area contributed by atoms with Crippen molar-refractivity contribution < 1.29 is 14.3 Å². The second kappa shape index (κ2) is 9.41. The zero-order chi connectivity index (χ0) is 19.8. The number of hydrogen-bond acceptors (Lipinski definition) is 5. The largest absolute Gasteiger partial charge is 0.497 e. The smallest absolute Gasteiger partial charge is 0.257 e. The molecule has 3 rings (SSSR count). The van der Waals surface area contributed by atoms with Gasteiger partial charge in [0, 0.05) is 18.8 Å². The molecule has 144 valence electrons. The van der Waals surface area contributed by atoms with Crippen LogP contribution in [0.1, 0.15) is 15.9 Å². The highest BCUT2D eigenvalue weighted by atomic mass is 16.5. The number of benzene rings is 2. The fourth-order valence-electron chi connectivity index (χ4n) is 2.71. The molecule has 2 N–H and O–H groups in total. The molecule has 0 saturated heterocycles. The molecule has 28 heavy (non-hydrogen) atoms. The molecule has 0 bridgehead atoms. The van der Waals surface area contributed by atoms with E-state index < -0.39 is 0 Å². The molecule has 0 spiro atoms. The number of amides is 1. The Kier molecular flexibility index (Phi) is 6.46. The molecule has 0 saturated carbocycles. The molecule has 0 unspecified atom stereocenters. The summed E-state index contributed by atoms with van der Waals surface area (Å²) in [6.45, 7) is 0.769. The van der Waals surface area contributed by atoms with Crippen molar-refractivity contribution in [3.63, 3.8) is 0 Å². The number of pyridine rings is 1. The summed E-state index contributed by atoms with van der Waals surface area (Å²) in [5.41, 5.74) is 2.30. The van der Waals surface area contributed by atoms with Crippen molar-refractivity contribution in [3.8, 4) is 11.5 Å². The molecule has 1 amide bonds. The van der Waals surface area contributed by atoms with E-state index in [1.807, 2.05) is 18.2 Å². The molecule has 0 fully saturated rings. The van der Waals surface area contributed by atoms with Gasteiger partial charge in [-0.2, -0.15) is 0 Å². The van der Waals surface area contributed by atoms with Crippen molar-refractivity contribution in [3.05, 3.63) is 78.0 Å². The number of hydrogen-bond donors (Lipinski definition) is 2. The van der Waals surface area contributed by atoms with Crippen LogP contribution in [0, 0.1) is 0 Å². The van der Waals surface area contributed by atoms with Crippen molar-refractivity contribution in [2.75, 3.05) is 31.4 Å². The third-order valence-electron chi connectivity index (χ3n) is 4.25. The lowest BCUT2D eigenvalue weighted by Crippen LogP contribution is -2.13. The van der Waals surface area contributed by atoms with Crippen molar-refractivity contribution in [2.24, 2.45) is 0 Å². The van der Waals surface area contributed by atoms with Gasteiger partial charge in [-0.3, -0.25) is 4.79 Å². The lowest BCUT2D eigenvalue weighted by atomic mass is 10.1. The number of aromatic nitrogens is 1. The monoisotopic (exact) mass is 377 g/mol. The van der Waals surface area contributed by atoms with Crippen LogP contribution < -0.4 is 20.1 Å². The van der Waals surface area contributed by atoms with E-state index in [9.17, 15) is 4.79 Å². The van der Waals surface area contributed by atoms with Gasteiger partial charge in [-0.25, -0.2) is 4.98 Å².